The van der Waals surface area contributed by atoms with Gasteiger partial charge in [-0.3, -0.25) is 0 Å². The van der Waals surface area contributed by atoms with Crippen LogP contribution in [0, 0.1) is 0 Å². The van der Waals surface area contributed by atoms with Crippen molar-refractivity contribution in [3.05, 3.63) is 75.8 Å². The zero-order chi connectivity index (χ0) is 26.2. The van der Waals surface area contributed by atoms with Gasteiger partial charge in [-0.2, -0.15) is 13.2 Å². The van der Waals surface area contributed by atoms with E-state index in [2.05, 4.69) is 15.5 Å². The normalized spacial score (nSPS) is 19.4. The minimum absolute atomic E-state index is 0.125. The predicted molar refractivity (Wildman–Crippen MR) is 128 cm³/mol. The lowest BCUT2D eigenvalue weighted by Crippen LogP contribution is -2.43. The number of benzene rings is 2. The van der Waals surface area contributed by atoms with E-state index < -0.39 is 17.8 Å². The van der Waals surface area contributed by atoms with Crippen molar-refractivity contribution in [2.75, 3.05) is 13.2 Å². The number of aliphatic hydroxyl groups excluding tert-OH is 1. The average molecular weight is 536 g/mol. The molecule has 2 N–H and O–H groups in total. The van der Waals surface area contributed by atoms with Crippen LogP contribution in [-0.2, 0) is 19.3 Å². The second-order valence-corrected chi connectivity index (χ2v) is 9.52. The van der Waals surface area contributed by atoms with Crippen LogP contribution >= 0.6 is 11.6 Å². The van der Waals surface area contributed by atoms with Crippen molar-refractivity contribution in [3.63, 3.8) is 0 Å². The Kier molecular flexibility index (Phi) is 7.00. The highest BCUT2D eigenvalue weighted by Gasteiger charge is 2.37. The van der Waals surface area contributed by atoms with Crippen LogP contribution in [0.5, 0.6) is 5.75 Å². The molecule has 37 heavy (non-hydrogen) atoms. The molecule has 2 aliphatic heterocycles. The highest BCUT2D eigenvalue weighted by Crippen LogP contribution is 2.39. The summed E-state index contributed by atoms with van der Waals surface area (Å²) in [6.07, 6.45) is -2.63. The van der Waals surface area contributed by atoms with Crippen molar-refractivity contribution in [2.24, 2.45) is 0 Å². The summed E-state index contributed by atoms with van der Waals surface area (Å²) in [5.74, 6) is 1.07. The lowest BCUT2D eigenvalue weighted by Gasteiger charge is -2.31. The fourth-order valence-electron chi connectivity index (χ4n) is 4.88. The first-order chi connectivity index (χ1) is 17.7. The monoisotopic (exact) mass is 535 g/mol. The van der Waals surface area contributed by atoms with Crippen molar-refractivity contribution >= 4 is 17.6 Å². The number of ether oxygens (including phenoxy) is 1. The first-order valence-corrected chi connectivity index (χ1v) is 12.3. The van der Waals surface area contributed by atoms with Crippen LogP contribution in [0.15, 0.2) is 42.5 Å². The molecule has 1 saturated heterocycles. The number of hydrogen-bond acceptors (Lipinski definition) is 5. The zero-order valence-corrected chi connectivity index (χ0v) is 20.5. The average Bonchev–Trinajstić information content (AvgIpc) is 3.51. The van der Waals surface area contributed by atoms with E-state index >= 15 is 0 Å². The lowest BCUT2D eigenvalue weighted by molar-refractivity contribution is -0.137. The Morgan fingerprint density at radius 1 is 1.16 bits per heavy atom. The fourth-order valence-corrected chi connectivity index (χ4v) is 5.01. The number of alkyl halides is 3. The van der Waals surface area contributed by atoms with Crippen LogP contribution in [0.2, 0.25) is 5.02 Å². The molecule has 196 valence electrons. The second-order valence-electron chi connectivity index (χ2n) is 9.09. The Labute approximate surface area is 216 Å². The summed E-state index contributed by atoms with van der Waals surface area (Å²) in [6, 6.07) is 9.44. The van der Waals surface area contributed by atoms with Gasteiger partial charge in [-0.15, -0.1) is 10.2 Å². The van der Waals surface area contributed by atoms with Crippen LogP contribution in [0.25, 0.3) is 0 Å². The standard InChI is InChI=1S/C25H25ClF3N5O3/c26-17-6-3-15(4-7-17)13-34-22(14-35)31-32-23(34)20-2-1-10-33(20)24(36)30-19-9-11-37-21-12-16(25(27,28)29)5-8-18(19)21/h3-8,12,19-20,35H,1-2,9-11,13-14H2,(H,30,36)/t19-,20+/m0/s1. The van der Waals surface area contributed by atoms with Crippen molar-refractivity contribution in [2.45, 2.75) is 50.7 Å². The van der Waals surface area contributed by atoms with Gasteiger partial charge in [0.15, 0.2) is 11.6 Å². The number of hydrogen-bond donors (Lipinski definition) is 2. The third-order valence-electron chi connectivity index (χ3n) is 6.74. The summed E-state index contributed by atoms with van der Waals surface area (Å²) in [4.78, 5) is 15.1. The molecule has 0 spiro atoms. The van der Waals surface area contributed by atoms with E-state index in [4.69, 9.17) is 16.3 Å². The lowest BCUT2D eigenvalue weighted by atomic mass is 9.98. The van der Waals surface area contributed by atoms with Crippen molar-refractivity contribution in [3.8, 4) is 5.75 Å². The summed E-state index contributed by atoms with van der Waals surface area (Å²) in [7, 11) is 0. The van der Waals surface area contributed by atoms with Crippen LogP contribution in [-0.4, -0.2) is 44.0 Å². The van der Waals surface area contributed by atoms with Gasteiger partial charge in [0.1, 0.15) is 12.4 Å². The zero-order valence-electron chi connectivity index (χ0n) is 19.7. The maximum absolute atomic E-state index is 13.4. The topological polar surface area (TPSA) is 92.5 Å². The molecule has 0 saturated carbocycles. The smallest absolute Gasteiger partial charge is 0.416 e. The molecule has 12 heteroatoms. The number of aromatic nitrogens is 3. The van der Waals surface area contributed by atoms with Gasteiger partial charge < -0.3 is 24.6 Å². The number of carbonyl (C=O) groups is 1. The Morgan fingerprint density at radius 3 is 2.68 bits per heavy atom. The largest absolute Gasteiger partial charge is 0.493 e. The Hall–Kier alpha value is -3.31. The predicted octanol–water partition coefficient (Wildman–Crippen LogP) is 4.86. The van der Waals surface area contributed by atoms with Gasteiger partial charge in [0.25, 0.3) is 0 Å². The maximum Gasteiger partial charge on any atom is 0.416 e. The van der Waals surface area contributed by atoms with E-state index in [1.54, 1.807) is 17.0 Å². The molecule has 2 aromatic carbocycles. The molecule has 0 unspecified atom stereocenters. The van der Waals surface area contributed by atoms with Gasteiger partial charge in [0.2, 0.25) is 0 Å². The molecule has 5 rings (SSSR count). The molecule has 2 aliphatic rings. The molecule has 0 radical (unpaired) electrons. The molecule has 3 aromatic rings. The molecule has 0 aliphatic carbocycles. The molecule has 1 fully saturated rings. The number of urea groups is 1. The first kappa shape index (κ1) is 25.3. The maximum atomic E-state index is 13.4. The van der Waals surface area contributed by atoms with Crippen molar-refractivity contribution in [1.82, 2.24) is 25.0 Å². The number of aliphatic hydroxyl groups is 1. The van der Waals surface area contributed by atoms with E-state index in [-0.39, 0.29) is 31.0 Å². The van der Waals surface area contributed by atoms with E-state index in [1.807, 2.05) is 16.7 Å². The second kappa shape index (κ2) is 10.2. The summed E-state index contributed by atoms with van der Waals surface area (Å²) >= 11 is 6.00. The molecule has 0 bridgehead atoms. The summed E-state index contributed by atoms with van der Waals surface area (Å²) in [5, 5.41) is 21.9. The number of nitrogens with one attached hydrogen (secondary N) is 1. The number of nitrogens with zero attached hydrogens (tertiary/aromatic N) is 4. The van der Waals surface area contributed by atoms with Crippen LogP contribution < -0.4 is 10.1 Å². The number of amides is 2. The van der Waals surface area contributed by atoms with E-state index in [9.17, 15) is 23.1 Å². The fraction of sp³-hybridized carbons (Fsp3) is 0.400. The van der Waals surface area contributed by atoms with Gasteiger partial charge in [-0.25, -0.2) is 4.79 Å². The Bertz CT molecular complexity index is 1280. The number of rotatable bonds is 5. The summed E-state index contributed by atoms with van der Waals surface area (Å²) in [5.41, 5.74) is 0.653. The number of fused-ring (bicyclic) bond motifs is 1. The minimum Gasteiger partial charge on any atom is -0.493 e. The van der Waals surface area contributed by atoms with Crippen LogP contribution in [0.3, 0.4) is 0 Å². The number of halogens is 4. The third-order valence-corrected chi connectivity index (χ3v) is 6.99. The first-order valence-electron chi connectivity index (χ1n) is 11.9. The summed E-state index contributed by atoms with van der Waals surface area (Å²) < 4.78 is 46.6. The van der Waals surface area contributed by atoms with Gasteiger partial charge in [-0.05, 0) is 42.7 Å². The quantitative estimate of drug-likeness (QED) is 0.487. The van der Waals surface area contributed by atoms with Crippen molar-refractivity contribution < 1.29 is 27.8 Å². The Morgan fingerprint density at radius 2 is 1.95 bits per heavy atom. The molecule has 2 atom stereocenters. The minimum atomic E-state index is -4.48. The molecule has 3 heterocycles. The summed E-state index contributed by atoms with van der Waals surface area (Å²) in [6.45, 7) is 0.772. The van der Waals surface area contributed by atoms with Crippen molar-refractivity contribution in [1.29, 1.82) is 0 Å². The third kappa shape index (κ3) is 5.24. The molecular formula is C25H25ClF3N5O3. The number of likely N-dealkylation sites (tertiary alicyclic amines) is 1. The van der Waals surface area contributed by atoms with E-state index in [0.717, 1.165) is 24.1 Å². The molecule has 1 aromatic heterocycles. The van der Waals surface area contributed by atoms with Gasteiger partial charge in [0.05, 0.1) is 30.8 Å². The highest BCUT2D eigenvalue weighted by molar-refractivity contribution is 6.30. The van der Waals surface area contributed by atoms with E-state index in [1.165, 1.54) is 6.07 Å². The van der Waals surface area contributed by atoms with E-state index in [0.29, 0.717) is 48.2 Å². The van der Waals surface area contributed by atoms with Crippen LogP contribution in [0.1, 0.15) is 59.7 Å². The molecular weight excluding hydrogens is 511 g/mol. The molecule has 2 amide bonds. The van der Waals surface area contributed by atoms with Gasteiger partial charge in [0, 0.05) is 23.6 Å². The van der Waals surface area contributed by atoms with Gasteiger partial charge in [-0.1, -0.05) is 29.8 Å². The number of carbonyl (C=O) groups excluding carboxylic acids is 1. The molecule has 8 nitrogen and oxygen atoms in total. The van der Waals surface area contributed by atoms with Crippen LogP contribution in [0.4, 0.5) is 18.0 Å². The SMILES string of the molecule is O=C(N[C@H]1CCOc2cc(C(F)(F)F)ccc21)N1CCC[C@@H]1c1nnc(CO)n1Cc1ccc(Cl)cc1. The highest BCUT2D eigenvalue weighted by atomic mass is 35.5. The van der Waals surface area contributed by atoms with Gasteiger partial charge >= 0.3 is 12.2 Å². The Balaban J connectivity index is 1.36.